The molecule has 0 fully saturated rings. The van der Waals surface area contributed by atoms with E-state index in [2.05, 4.69) is 16.0 Å². The first-order valence-corrected chi connectivity index (χ1v) is 6.28. The van der Waals surface area contributed by atoms with Crippen LogP contribution in [0.15, 0.2) is 24.5 Å². The summed E-state index contributed by atoms with van der Waals surface area (Å²) in [5.74, 6) is 0.584. The van der Waals surface area contributed by atoms with E-state index >= 15 is 0 Å². The van der Waals surface area contributed by atoms with Gasteiger partial charge in [-0.15, -0.1) is 11.3 Å². The normalized spacial score (nSPS) is 19.4. The third kappa shape index (κ3) is 1.69. The highest BCUT2D eigenvalue weighted by atomic mass is 32.1. The molecule has 0 saturated carbocycles. The monoisotopic (exact) mass is 231 g/mol. The van der Waals surface area contributed by atoms with Crippen LogP contribution in [-0.2, 0) is 12.8 Å². The standard InChI is InChI=1S/C12H13N3S/c13-12-15-10-4-3-8(6-11(10)16-12)9-2-1-5-14-7-9/h1-2,5,7-8H,3-4,6H2,(H2,13,15). The van der Waals surface area contributed by atoms with E-state index in [0.29, 0.717) is 11.0 Å². The SMILES string of the molecule is Nc1nc2c(s1)CC(c1cccnc1)CC2. The molecule has 1 aliphatic rings. The Hall–Kier alpha value is -1.42. The number of nitrogens with two attached hydrogens (primary N) is 1. The summed E-state index contributed by atoms with van der Waals surface area (Å²) >= 11 is 1.63. The molecular formula is C12H13N3S. The smallest absolute Gasteiger partial charge is 0.180 e. The number of anilines is 1. The lowest BCUT2D eigenvalue weighted by Crippen LogP contribution is -2.11. The largest absolute Gasteiger partial charge is 0.375 e. The first-order valence-electron chi connectivity index (χ1n) is 5.47. The fourth-order valence-corrected chi connectivity index (χ4v) is 3.26. The van der Waals surface area contributed by atoms with Crippen LogP contribution in [0.25, 0.3) is 0 Å². The molecule has 0 amide bonds. The van der Waals surface area contributed by atoms with Crippen molar-refractivity contribution in [1.29, 1.82) is 0 Å². The van der Waals surface area contributed by atoms with Gasteiger partial charge in [-0.25, -0.2) is 4.98 Å². The minimum atomic E-state index is 0.584. The minimum Gasteiger partial charge on any atom is -0.375 e. The van der Waals surface area contributed by atoms with Gasteiger partial charge in [-0.2, -0.15) is 0 Å². The molecule has 3 rings (SSSR count). The summed E-state index contributed by atoms with van der Waals surface area (Å²) in [6.07, 6.45) is 7.06. The number of fused-ring (bicyclic) bond motifs is 1. The lowest BCUT2D eigenvalue weighted by molar-refractivity contribution is 0.583. The minimum absolute atomic E-state index is 0.584. The average molecular weight is 231 g/mol. The number of aromatic nitrogens is 2. The Balaban J connectivity index is 1.88. The van der Waals surface area contributed by atoms with Crippen molar-refractivity contribution < 1.29 is 0 Å². The van der Waals surface area contributed by atoms with Crippen LogP contribution in [0, 0.1) is 0 Å². The van der Waals surface area contributed by atoms with Crippen LogP contribution in [0.1, 0.15) is 28.5 Å². The molecule has 0 saturated heterocycles. The van der Waals surface area contributed by atoms with E-state index in [-0.39, 0.29) is 0 Å². The molecule has 4 heteroatoms. The molecule has 82 valence electrons. The maximum atomic E-state index is 5.74. The molecule has 1 aliphatic carbocycles. The topological polar surface area (TPSA) is 51.8 Å². The summed E-state index contributed by atoms with van der Waals surface area (Å²) in [7, 11) is 0. The summed E-state index contributed by atoms with van der Waals surface area (Å²) in [4.78, 5) is 9.90. The van der Waals surface area contributed by atoms with E-state index in [1.54, 1.807) is 11.3 Å². The van der Waals surface area contributed by atoms with Crippen LogP contribution < -0.4 is 5.73 Å². The van der Waals surface area contributed by atoms with E-state index in [0.717, 1.165) is 19.3 Å². The number of pyridine rings is 1. The van der Waals surface area contributed by atoms with E-state index in [1.165, 1.54) is 16.1 Å². The molecule has 0 aromatic carbocycles. The Bertz CT molecular complexity index is 492. The Labute approximate surface area is 98.4 Å². The zero-order valence-corrected chi connectivity index (χ0v) is 9.70. The fraction of sp³-hybridized carbons (Fsp3) is 0.333. The van der Waals surface area contributed by atoms with Crippen molar-refractivity contribution >= 4 is 16.5 Å². The first kappa shape index (κ1) is 9.78. The molecule has 2 aromatic heterocycles. The number of rotatable bonds is 1. The quantitative estimate of drug-likeness (QED) is 0.820. The van der Waals surface area contributed by atoms with Crippen molar-refractivity contribution in [2.24, 2.45) is 0 Å². The Morgan fingerprint density at radius 3 is 3.19 bits per heavy atom. The van der Waals surface area contributed by atoms with Crippen LogP contribution in [0.4, 0.5) is 5.13 Å². The average Bonchev–Trinajstić information content (AvgIpc) is 2.69. The van der Waals surface area contributed by atoms with Gasteiger partial charge in [-0.3, -0.25) is 4.98 Å². The number of aryl methyl sites for hydroxylation is 1. The first-order chi connectivity index (χ1) is 7.83. The predicted octanol–water partition coefficient (Wildman–Crippen LogP) is 2.39. The number of nitrogens with zero attached hydrogens (tertiary/aromatic N) is 2. The zero-order valence-electron chi connectivity index (χ0n) is 8.89. The maximum Gasteiger partial charge on any atom is 0.180 e. The highest BCUT2D eigenvalue weighted by molar-refractivity contribution is 7.15. The number of thiazole rings is 1. The summed E-state index contributed by atoms with van der Waals surface area (Å²) in [5, 5.41) is 0.705. The zero-order chi connectivity index (χ0) is 11.0. The van der Waals surface area contributed by atoms with Gasteiger partial charge < -0.3 is 5.73 Å². The predicted molar refractivity (Wildman–Crippen MR) is 65.5 cm³/mol. The molecule has 0 bridgehead atoms. The van der Waals surface area contributed by atoms with Gasteiger partial charge >= 0.3 is 0 Å². The van der Waals surface area contributed by atoms with Gasteiger partial charge in [0.25, 0.3) is 0 Å². The molecule has 1 atom stereocenters. The number of nitrogen functional groups attached to an aromatic ring is 1. The van der Waals surface area contributed by atoms with Crippen LogP contribution >= 0.6 is 11.3 Å². The highest BCUT2D eigenvalue weighted by Gasteiger charge is 2.23. The number of hydrogen-bond acceptors (Lipinski definition) is 4. The fourth-order valence-electron chi connectivity index (χ4n) is 2.30. The Morgan fingerprint density at radius 2 is 2.38 bits per heavy atom. The Kier molecular flexibility index (Phi) is 2.36. The molecule has 2 aromatic rings. The highest BCUT2D eigenvalue weighted by Crippen LogP contribution is 2.35. The maximum absolute atomic E-state index is 5.74. The molecule has 2 N–H and O–H groups in total. The van der Waals surface area contributed by atoms with Crippen molar-refractivity contribution in [2.75, 3.05) is 5.73 Å². The lowest BCUT2D eigenvalue weighted by Gasteiger charge is -2.20. The van der Waals surface area contributed by atoms with Gasteiger partial charge in [0.2, 0.25) is 0 Å². The van der Waals surface area contributed by atoms with Crippen LogP contribution in [0.5, 0.6) is 0 Å². The van der Waals surface area contributed by atoms with Gasteiger partial charge in [0.15, 0.2) is 5.13 Å². The van der Waals surface area contributed by atoms with Crippen molar-refractivity contribution in [1.82, 2.24) is 9.97 Å². The molecule has 16 heavy (non-hydrogen) atoms. The molecule has 0 aliphatic heterocycles. The summed E-state index contributed by atoms with van der Waals surface area (Å²) < 4.78 is 0. The van der Waals surface area contributed by atoms with Crippen molar-refractivity contribution in [2.45, 2.75) is 25.2 Å². The molecule has 0 spiro atoms. The van der Waals surface area contributed by atoms with Crippen LogP contribution in [-0.4, -0.2) is 9.97 Å². The van der Waals surface area contributed by atoms with Gasteiger partial charge in [0.1, 0.15) is 0 Å². The van der Waals surface area contributed by atoms with E-state index in [1.807, 2.05) is 18.5 Å². The number of hydrogen-bond donors (Lipinski definition) is 1. The molecule has 1 unspecified atom stereocenters. The molecule has 0 radical (unpaired) electrons. The van der Waals surface area contributed by atoms with E-state index in [4.69, 9.17) is 5.73 Å². The molecule has 2 heterocycles. The van der Waals surface area contributed by atoms with Crippen molar-refractivity contribution in [3.05, 3.63) is 40.7 Å². The van der Waals surface area contributed by atoms with Gasteiger partial charge in [-0.1, -0.05) is 6.07 Å². The van der Waals surface area contributed by atoms with E-state index < -0.39 is 0 Å². The van der Waals surface area contributed by atoms with Crippen LogP contribution in [0.2, 0.25) is 0 Å². The summed E-state index contributed by atoms with van der Waals surface area (Å²) in [5.41, 5.74) is 8.28. The second-order valence-corrected chi connectivity index (χ2v) is 5.26. The second-order valence-electron chi connectivity index (χ2n) is 4.15. The van der Waals surface area contributed by atoms with Crippen molar-refractivity contribution in [3.8, 4) is 0 Å². The van der Waals surface area contributed by atoms with Gasteiger partial charge in [0.05, 0.1) is 5.69 Å². The molecule has 3 nitrogen and oxygen atoms in total. The van der Waals surface area contributed by atoms with Gasteiger partial charge in [0, 0.05) is 17.3 Å². The van der Waals surface area contributed by atoms with Crippen molar-refractivity contribution in [3.63, 3.8) is 0 Å². The second kappa shape index (κ2) is 3.87. The lowest BCUT2D eigenvalue weighted by atomic mass is 9.86. The summed E-state index contributed by atoms with van der Waals surface area (Å²) in [6.45, 7) is 0. The molecular weight excluding hydrogens is 218 g/mol. The van der Waals surface area contributed by atoms with Crippen LogP contribution in [0.3, 0.4) is 0 Å². The van der Waals surface area contributed by atoms with Gasteiger partial charge in [-0.05, 0) is 36.8 Å². The Morgan fingerprint density at radius 1 is 1.44 bits per heavy atom. The van der Waals surface area contributed by atoms with E-state index in [9.17, 15) is 0 Å². The third-order valence-corrected chi connectivity index (χ3v) is 4.06. The summed E-state index contributed by atoms with van der Waals surface area (Å²) in [6, 6.07) is 4.17. The third-order valence-electron chi connectivity index (χ3n) is 3.11.